The molecule has 4 aromatic rings. The number of nitrogens with zero attached hydrogens (tertiary/aromatic N) is 2. The number of hydrogen-bond donors (Lipinski definition) is 1. The zero-order chi connectivity index (χ0) is 31.8. The number of rotatable bonds is 7. The van der Waals surface area contributed by atoms with E-state index in [9.17, 15) is 19.5 Å². The summed E-state index contributed by atoms with van der Waals surface area (Å²) in [4.78, 5) is 45.5. The molecule has 5 rings (SSSR count). The fraction of sp³-hybridized carbons (Fsp3) is 0.257. The Kier molecular flexibility index (Phi) is 8.43. The third-order valence-electron chi connectivity index (χ3n) is 7.51. The predicted octanol–water partition coefficient (Wildman–Crippen LogP) is 7.05. The Labute approximate surface area is 260 Å². The summed E-state index contributed by atoms with van der Waals surface area (Å²) in [5.41, 5.74) is 4.39. The maximum Gasteiger partial charge on any atom is 0.350 e. The van der Waals surface area contributed by atoms with Crippen molar-refractivity contribution in [1.29, 1.82) is 0 Å². The first kappa shape index (κ1) is 30.7. The molecule has 1 fully saturated rings. The van der Waals surface area contributed by atoms with Crippen LogP contribution in [0.2, 0.25) is 0 Å². The first-order chi connectivity index (χ1) is 20.9. The van der Waals surface area contributed by atoms with Crippen LogP contribution >= 0.6 is 11.3 Å². The highest BCUT2D eigenvalue weighted by Gasteiger charge is 2.48. The van der Waals surface area contributed by atoms with Gasteiger partial charge in [0.2, 0.25) is 0 Å². The molecule has 1 aliphatic rings. The van der Waals surface area contributed by atoms with Gasteiger partial charge >= 0.3 is 11.9 Å². The van der Waals surface area contributed by atoms with Crippen molar-refractivity contribution in [3.63, 3.8) is 0 Å². The van der Waals surface area contributed by atoms with Gasteiger partial charge in [-0.2, -0.15) is 0 Å². The van der Waals surface area contributed by atoms with Crippen molar-refractivity contribution in [2.45, 2.75) is 52.7 Å². The van der Waals surface area contributed by atoms with Gasteiger partial charge in [-0.1, -0.05) is 86.2 Å². The average molecular weight is 611 g/mol. The zero-order valence-corrected chi connectivity index (χ0v) is 26.3. The van der Waals surface area contributed by atoms with E-state index in [2.05, 4.69) is 25.8 Å². The molecular weight excluding hydrogens is 576 g/mol. The van der Waals surface area contributed by atoms with Gasteiger partial charge in [-0.05, 0) is 60.2 Å². The van der Waals surface area contributed by atoms with Crippen molar-refractivity contribution in [1.82, 2.24) is 4.98 Å². The van der Waals surface area contributed by atoms with Crippen molar-refractivity contribution in [3.8, 4) is 5.75 Å². The number of Topliss-reactive ketones (excluding diaryl/α,β-unsaturated/α-hetero) is 1. The van der Waals surface area contributed by atoms with Crippen LogP contribution in [0.5, 0.6) is 5.75 Å². The number of carbonyl (C=O) groups excluding carboxylic acids is 3. The quantitative estimate of drug-likeness (QED) is 0.103. The average Bonchev–Trinajstić information content (AvgIpc) is 3.51. The van der Waals surface area contributed by atoms with E-state index < -0.39 is 23.7 Å². The van der Waals surface area contributed by atoms with Gasteiger partial charge in [0.1, 0.15) is 23.0 Å². The molecule has 2 heterocycles. The van der Waals surface area contributed by atoms with Gasteiger partial charge in [-0.15, -0.1) is 0 Å². The molecule has 0 spiro atoms. The summed E-state index contributed by atoms with van der Waals surface area (Å²) in [6.45, 7) is 10.3. The number of methoxy groups -OCH3 is 1. The smallest absolute Gasteiger partial charge is 0.350 e. The first-order valence-corrected chi connectivity index (χ1v) is 15.0. The third-order valence-corrected chi connectivity index (χ3v) is 8.65. The first-order valence-electron chi connectivity index (χ1n) is 14.1. The topological polar surface area (TPSA) is 106 Å². The van der Waals surface area contributed by atoms with Crippen molar-refractivity contribution in [3.05, 3.63) is 117 Å². The Morgan fingerprint density at radius 2 is 1.68 bits per heavy atom. The highest BCUT2D eigenvalue weighted by molar-refractivity contribution is 7.17. The number of aliphatic hydroxyl groups excluding tert-OH is 1. The van der Waals surface area contributed by atoms with Crippen molar-refractivity contribution >= 4 is 39.9 Å². The van der Waals surface area contributed by atoms with Gasteiger partial charge in [0, 0.05) is 5.56 Å². The van der Waals surface area contributed by atoms with E-state index in [1.54, 1.807) is 31.2 Å². The van der Waals surface area contributed by atoms with E-state index in [0.717, 1.165) is 28.0 Å². The largest absolute Gasteiger partial charge is 0.507 e. The lowest BCUT2D eigenvalue weighted by Crippen LogP contribution is -2.29. The highest BCUT2D eigenvalue weighted by atomic mass is 32.1. The SMILES string of the molecule is COC(=O)c1sc(N2C(=O)C(=O)C(=C(O)c3ccc(OCc4cccc(C)c4)cc3)C2c2ccc(C(C)(C)C)cc2)nc1C. The van der Waals surface area contributed by atoms with Crippen LogP contribution in [0.4, 0.5) is 5.13 Å². The second-order valence-electron chi connectivity index (χ2n) is 11.7. The molecule has 1 aromatic heterocycles. The van der Waals surface area contributed by atoms with E-state index in [1.165, 1.54) is 12.0 Å². The number of aromatic nitrogens is 1. The molecule has 1 amide bonds. The predicted molar refractivity (Wildman–Crippen MR) is 170 cm³/mol. The molecule has 1 aliphatic heterocycles. The molecule has 1 atom stereocenters. The van der Waals surface area contributed by atoms with Crippen LogP contribution < -0.4 is 9.64 Å². The van der Waals surface area contributed by atoms with E-state index in [1.807, 2.05) is 55.5 Å². The van der Waals surface area contributed by atoms with Crippen LogP contribution in [0.3, 0.4) is 0 Å². The van der Waals surface area contributed by atoms with Crippen LogP contribution in [0, 0.1) is 13.8 Å². The summed E-state index contributed by atoms with van der Waals surface area (Å²) in [5, 5.41) is 11.7. The summed E-state index contributed by atoms with van der Waals surface area (Å²) >= 11 is 0.963. The van der Waals surface area contributed by atoms with Crippen molar-refractivity contribution < 1.29 is 29.0 Å². The zero-order valence-electron chi connectivity index (χ0n) is 25.5. The Hall–Kier alpha value is -4.76. The number of esters is 1. The van der Waals surface area contributed by atoms with E-state index in [0.29, 0.717) is 29.2 Å². The molecule has 44 heavy (non-hydrogen) atoms. The number of carbonyl (C=O) groups is 3. The number of amides is 1. The molecule has 0 radical (unpaired) electrons. The number of hydrogen-bond acceptors (Lipinski definition) is 8. The fourth-order valence-corrected chi connectivity index (χ4v) is 6.12. The normalized spacial score (nSPS) is 16.3. The molecule has 1 saturated heterocycles. The molecule has 0 saturated carbocycles. The van der Waals surface area contributed by atoms with Gasteiger partial charge in [-0.25, -0.2) is 9.78 Å². The number of thiazole rings is 1. The minimum absolute atomic E-state index is 0.0700. The third kappa shape index (κ3) is 6.01. The second kappa shape index (κ2) is 12.1. The van der Waals surface area contributed by atoms with Gasteiger partial charge < -0.3 is 14.6 Å². The Morgan fingerprint density at radius 3 is 2.30 bits per heavy atom. The van der Waals surface area contributed by atoms with Gasteiger partial charge in [0.25, 0.3) is 5.78 Å². The Balaban J connectivity index is 1.55. The summed E-state index contributed by atoms with van der Waals surface area (Å²) in [6, 6.07) is 21.4. The van der Waals surface area contributed by atoms with Crippen molar-refractivity contribution in [2.75, 3.05) is 12.0 Å². The number of ketones is 1. The van der Waals surface area contributed by atoms with Gasteiger partial charge in [0.15, 0.2) is 5.13 Å². The molecule has 0 bridgehead atoms. The van der Waals surface area contributed by atoms with E-state index in [4.69, 9.17) is 9.47 Å². The minimum atomic E-state index is -0.975. The lowest BCUT2D eigenvalue weighted by atomic mass is 9.85. The maximum atomic E-state index is 13.6. The standard InChI is InChI=1S/C35H34N2O6S/c1-20-8-7-9-22(18-20)19-43-26-16-12-24(13-17-26)29(38)27-28(23-10-14-25(15-11-23)35(3,4)5)37(32(40)30(27)39)34-36-21(2)31(44-34)33(41)42-6/h7-18,28,38H,19H2,1-6H3. The van der Waals surface area contributed by atoms with E-state index >= 15 is 0 Å². The molecule has 1 N–H and O–H groups in total. The maximum absolute atomic E-state index is 13.6. The molecule has 0 aliphatic carbocycles. The van der Waals surface area contributed by atoms with Gasteiger partial charge in [-0.3, -0.25) is 14.5 Å². The van der Waals surface area contributed by atoms with Crippen molar-refractivity contribution in [2.24, 2.45) is 0 Å². The second-order valence-corrected chi connectivity index (χ2v) is 12.7. The summed E-state index contributed by atoms with van der Waals surface area (Å²) in [6.07, 6.45) is 0. The van der Waals surface area contributed by atoms with Crippen LogP contribution in [-0.4, -0.2) is 34.9 Å². The minimum Gasteiger partial charge on any atom is -0.507 e. The molecule has 9 heteroatoms. The number of ether oxygens (including phenoxy) is 2. The summed E-state index contributed by atoms with van der Waals surface area (Å²) < 4.78 is 10.8. The van der Waals surface area contributed by atoms with Gasteiger partial charge in [0.05, 0.1) is 24.4 Å². The number of anilines is 1. The Bertz CT molecular complexity index is 1760. The highest BCUT2D eigenvalue weighted by Crippen LogP contribution is 2.44. The number of aliphatic hydroxyl groups is 1. The summed E-state index contributed by atoms with van der Waals surface area (Å²) in [7, 11) is 1.27. The number of aryl methyl sites for hydroxylation is 2. The molecular formula is C35H34N2O6S. The monoisotopic (exact) mass is 610 g/mol. The molecule has 3 aromatic carbocycles. The molecule has 226 valence electrons. The number of benzene rings is 3. The molecule has 1 unspecified atom stereocenters. The summed E-state index contributed by atoms with van der Waals surface area (Å²) in [5.74, 6) is -2.01. The van der Waals surface area contributed by atoms with E-state index in [-0.39, 0.29) is 26.8 Å². The van der Waals surface area contributed by atoms with Crippen LogP contribution in [0.25, 0.3) is 5.76 Å². The molecule has 8 nitrogen and oxygen atoms in total. The fourth-order valence-electron chi connectivity index (χ4n) is 5.11. The lowest BCUT2D eigenvalue weighted by molar-refractivity contribution is -0.132. The van der Waals surface area contributed by atoms with Crippen LogP contribution in [0.15, 0.2) is 78.4 Å². The van der Waals surface area contributed by atoms with Crippen LogP contribution in [-0.2, 0) is 26.3 Å². The lowest BCUT2D eigenvalue weighted by Gasteiger charge is -2.24. The Morgan fingerprint density at radius 1 is 1.00 bits per heavy atom. The van der Waals surface area contributed by atoms with Crippen LogP contribution in [0.1, 0.15) is 70.0 Å².